The van der Waals surface area contributed by atoms with Crippen molar-refractivity contribution >= 4 is 5.97 Å². The SMILES string of the molecule is Cc1cc(OCC2(C)COC2)cc(C)c1-c1ccc(F)c(COc2cc3c(cn2)[C@@H]2C(C(=O)O)[C@@H]2C3)c1. The molecule has 1 aromatic heterocycles. The number of rotatable bonds is 8. The third-order valence-corrected chi connectivity index (χ3v) is 7.97. The summed E-state index contributed by atoms with van der Waals surface area (Å²) in [6.07, 6.45) is 2.45. The van der Waals surface area contributed by atoms with Gasteiger partial charge in [0.2, 0.25) is 5.88 Å². The lowest BCUT2D eigenvalue weighted by Crippen LogP contribution is -2.44. The molecule has 7 heteroatoms. The summed E-state index contributed by atoms with van der Waals surface area (Å²) in [6.45, 7) is 8.33. The average molecular weight is 504 g/mol. The molecule has 1 aliphatic heterocycles. The van der Waals surface area contributed by atoms with Crippen LogP contribution in [0.5, 0.6) is 11.6 Å². The lowest BCUT2D eigenvalue weighted by molar-refractivity contribution is -0.139. The Balaban J connectivity index is 1.16. The average Bonchev–Trinajstić information content (AvgIpc) is 3.43. The predicted octanol–water partition coefficient (Wildman–Crippen LogP) is 5.47. The number of hydrogen-bond donors (Lipinski definition) is 1. The molecule has 1 N–H and O–H groups in total. The van der Waals surface area contributed by atoms with Crippen molar-refractivity contribution in [3.63, 3.8) is 0 Å². The lowest BCUT2D eigenvalue weighted by Gasteiger charge is -2.37. The van der Waals surface area contributed by atoms with Crippen LogP contribution in [-0.2, 0) is 22.6 Å². The van der Waals surface area contributed by atoms with Crippen molar-refractivity contribution in [1.82, 2.24) is 4.98 Å². The molecule has 0 amide bonds. The van der Waals surface area contributed by atoms with Crippen LogP contribution < -0.4 is 9.47 Å². The van der Waals surface area contributed by atoms with Crippen LogP contribution >= 0.6 is 0 Å². The van der Waals surface area contributed by atoms with Gasteiger partial charge in [-0.25, -0.2) is 9.37 Å². The molecule has 0 spiro atoms. The maximum atomic E-state index is 14.7. The molecule has 2 heterocycles. The highest BCUT2D eigenvalue weighted by atomic mass is 19.1. The molecule has 2 aliphatic carbocycles. The largest absolute Gasteiger partial charge is 0.493 e. The van der Waals surface area contributed by atoms with Gasteiger partial charge in [0, 0.05) is 29.2 Å². The summed E-state index contributed by atoms with van der Waals surface area (Å²) in [7, 11) is 0. The van der Waals surface area contributed by atoms with Gasteiger partial charge >= 0.3 is 5.97 Å². The summed E-state index contributed by atoms with van der Waals surface area (Å²) < 4.78 is 32.0. The van der Waals surface area contributed by atoms with Crippen LogP contribution in [0.3, 0.4) is 0 Å². The highest BCUT2D eigenvalue weighted by molar-refractivity contribution is 5.77. The fraction of sp³-hybridized carbons (Fsp3) is 0.400. The minimum atomic E-state index is -0.734. The Morgan fingerprint density at radius 2 is 1.92 bits per heavy atom. The first-order valence-corrected chi connectivity index (χ1v) is 12.7. The van der Waals surface area contributed by atoms with E-state index in [9.17, 15) is 14.3 Å². The van der Waals surface area contributed by atoms with Crippen LogP contribution in [0, 0.1) is 36.9 Å². The maximum Gasteiger partial charge on any atom is 0.307 e. The molecule has 6 nitrogen and oxygen atoms in total. The second kappa shape index (κ2) is 8.84. The normalized spacial score (nSPS) is 22.5. The second-order valence-electron chi connectivity index (χ2n) is 11.1. The first-order chi connectivity index (χ1) is 17.7. The Labute approximate surface area is 215 Å². The van der Waals surface area contributed by atoms with Crippen LogP contribution in [-0.4, -0.2) is 35.9 Å². The van der Waals surface area contributed by atoms with Crippen molar-refractivity contribution in [3.8, 4) is 22.8 Å². The Morgan fingerprint density at radius 1 is 1.16 bits per heavy atom. The standard InChI is InChI=1S/C30H30FNO5/c1-16-6-21(37-15-30(3)13-35-14-30)7-17(2)26(16)18-4-5-24(31)20(8-18)12-36-25-10-19-9-22-27(23(19)11-32-25)28(22)29(33)34/h4-8,10-11,22,27-28H,9,12-15H2,1-3H3,(H,33,34)/t22-,27-,28?/m1/s1. The van der Waals surface area contributed by atoms with E-state index in [2.05, 4.69) is 11.9 Å². The number of carboxylic acids is 1. The number of fused-ring (bicyclic) bond motifs is 3. The minimum absolute atomic E-state index is 0.0516. The third kappa shape index (κ3) is 4.35. The summed E-state index contributed by atoms with van der Waals surface area (Å²) in [5.74, 6) is 0.137. The van der Waals surface area contributed by atoms with Gasteiger partial charge in [0.25, 0.3) is 0 Å². The summed E-state index contributed by atoms with van der Waals surface area (Å²) in [4.78, 5) is 15.7. The molecule has 3 atom stereocenters. The molecule has 1 saturated carbocycles. The molecule has 0 radical (unpaired) electrons. The van der Waals surface area contributed by atoms with E-state index in [0.29, 0.717) is 18.1 Å². The van der Waals surface area contributed by atoms with Gasteiger partial charge in [0.05, 0.1) is 25.7 Å². The van der Waals surface area contributed by atoms with Crippen molar-refractivity contribution in [2.75, 3.05) is 19.8 Å². The predicted molar refractivity (Wildman–Crippen MR) is 135 cm³/mol. The van der Waals surface area contributed by atoms with Gasteiger partial charge < -0.3 is 19.3 Å². The Morgan fingerprint density at radius 3 is 2.59 bits per heavy atom. The molecule has 1 unspecified atom stereocenters. The number of nitrogens with zero attached hydrogens (tertiary/aromatic N) is 1. The van der Waals surface area contributed by atoms with Crippen LogP contribution in [0.2, 0.25) is 0 Å². The lowest BCUT2D eigenvalue weighted by atomic mass is 9.90. The van der Waals surface area contributed by atoms with Gasteiger partial charge in [-0.2, -0.15) is 0 Å². The number of aryl methyl sites for hydroxylation is 2. The zero-order valence-corrected chi connectivity index (χ0v) is 21.2. The summed E-state index contributed by atoms with van der Waals surface area (Å²) in [5, 5.41) is 9.30. The molecule has 192 valence electrons. The van der Waals surface area contributed by atoms with E-state index >= 15 is 0 Å². The number of carboxylic acid groups (broad SMARTS) is 1. The molecule has 3 aliphatic rings. The molecule has 0 bridgehead atoms. The number of halogens is 1. The van der Waals surface area contributed by atoms with Crippen molar-refractivity contribution in [2.45, 2.75) is 39.7 Å². The van der Waals surface area contributed by atoms with Crippen molar-refractivity contribution in [3.05, 3.63) is 76.2 Å². The van der Waals surface area contributed by atoms with E-state index in [0.717, 1.165) is 58.8 Å². The number of aromatic nitrogens is 1. The fourth-order valence-electron chi connectivity index (χ4n) is 5.93. The Hall–Kier alpha value is -3.45. The number of pyridine rings is 1. The van der Waals surface area contributed by atoms with Gasteiger partial charge in [0.1, 0.15) is 18.2 Å². The van der Waals surface area contributed by atoms with E-state index < -0.39 is 5.97 Å². The van der Waals surface area contributed by atoms with Gasteiger partial charge in [-0.3, -0.25) is 4.79 Å². The molecule has 2 aromatic carbocycles. The number of benzene rings is 2. The van der Waals surface area contributed by atoms with E-state index in [-0.39, 0.29) is 35.6 Å². The van der Waals surface area contributed by atoms with Gasteiger partial charge in [-0.1, -0.05) is 13.0 Å². The maximum absolute atomic E-state index is 14.7. The van der Waals surface area contributed by atoms with E-state index in [1.54, 1.807) is 12.3 Å². The second-order valence-corrected chi connectivity index (χ2v) is 11.1. The molecular weight excluding hydrogens is 473 g/mol. The van der Waals surface area contributed by atoms with Crippen LogP contribution in [0.4, 0.5) is 4.39 Å². The number of hydrogen-bond acceptors (Lipinski definition) is 5. The van der Waals surface area contributed by atoms with Crippen LogP contribution in [0.1, 0.15) is 40.7 Å². The first kappa shape index (κ1) is 23.9. The quantitative estimate of drug-likeness (QED) is 0.439. The van der Waals surface area contributed by atoms with E-state index in [1.807, 2.05) is 38.1 Å². The van der Waals surface area contributed by atoms with E-state index in [4.69, 9.17) is 14.2 Å². The van der Waals surface area contributed by atoms with Crippen LogP contribution in [0.25, 0.3) is 11.1 Å². The Kier molecular flexibility index (Phi) is 5.71. The van der Waals surface area contributed by atoms with Crippen molar-refractivity contribution in [1.29, 1.82) is 0 Å². The van der Waals surface area contributed by atoms with Crippen molar-refractivity contribution < 1.29 is 28.5 Å². The molecule has 6 rings (SSSR count). The molecular formula is C30H30FNO5. The fourth-order valence-corrected chi connectivity index (χ4v) is 5.93. The minimum Gasteiger partial charge on any atom is -0.493 e. The Bertz CT molecular complexity index is 1380. The molecule has 3 aromatic rings. The van der Waals surface area contributed by atoms with Gasteiger partial charge in [-0.05, 0) is 83.8 Å². The number of ether oxygens (including phenoxy) is 3. The smallest absolute Gasteiger partial charge is 0.307 e. The van der Waals surface area contributed by atoms with Gasteiger partial charge in [-0.15, -0.1) is 0 Å². The zero-order chi connectivity index (χ0) is 25.9. The highest BCUT2D eigenvalue weighted by Gasteiger charge is 2.59. The molecule has 37 heavy (non-hydrogen) atoms. The summed E-state index contributed by atoms with van der Waals surface area (Å²) in [6, 6.07) is 11.0. The zero-order valence-electron chi connectivity index (χ0n) is 21.2. The number of aliphatic carboxylic acids is 1. The van der Waals surface area contributed by atoms with Crippen LogP contribution in [0.15, 0.2) is 42.6 Å². The summed E-state index contributed by atoms with van der Waals surface area (Å²) in [5.41, 5.74) is 6.69. The first-order valence-electron chi connectivity index (χ1n) is 12.7. The van der Waals surface area contributed by atoms with E-state index in [1.165, 1.54) is 6.07 Å². The summed E-state index contributed by atoms with van der Waals surface area (Å²) >= 11 is 0. The van der Waals surface area contributed by atoms with Gasteiger partial charge in [0.15, 0.2) is 0 Å². The highest BCUT2D eigenvalue weighted by Crippen LogP contribution is 2.61. The van der Waals surface area contributed by atoms with Crippen molar-refractivity contribution in [2.24, 2.45) is 17.3 Å². The third-order valence-electron chi connectivity index (χ3n) is 7.97. The molecule has 2 fully saturated rings. The monoisotopic (exact) mass is 503 g/mol. The topological polar surface area (TPSA) is 77.9 Å². The number of carbonyl (C=O) groups is 1. The molecule has 1 saturated heterocycles.